The van der Waals surface area contributed by atoms with Crippen LogP contribution in [-0.2, 0) is 0 Å². The number of hydrogen-bond donors (Lipinski definition) is 1. The average molecular weight is 202 g/mol. The van der Waals surface area contributed by atoms with E-state index in [1.165, 1.54) is 25.4 Å². The van der Waals surface area contributed by atoms with Gasteiger partial charge < -0.3 is 10.2 Å². The first kappa shape index (κ1) is 11.3. The van der Waals surface area contributed by atoms with Crippen molar-refractivity contribution in [1.29, 1.82) is 0 Å². The van der Waals surface area contributed by atoms with Crippen LogP contribution in [-0.4, -0.2) is 42.2 Å². The van der Waals surface area contributed by atoms with Crippen LogP contribution in [0, 0.1) is 5.92 Å². The second kappa shape index (κ2) is 5.89. The Hall–Kier alpha value is 0.270. The van der Waals surface area contributed by atoms with Crippen LogP contribution >= 0.6 is 11.8 Å². The first-order valence-corrected chi connectivity index (χ1v) is 6.41. The molecular formula is C10H22N2S. The van der Waals surface area contributed by atoms with Gasteiger partial charge in [-0.05, 0) is 12.5 Å². The van der Waals surface area contributed by atoms with Crippen molar-refractivity contribution >= 4 is 11.8 Å². The van der Waals surface area contributed by atoms with Crippen molar-refractivity contribution in [3.05, 3.63) is 0 Å². The summed E-state index contributed by atoms with van der Waals surface area (Å²) in [5.41, 5.74) is 0. The molecule has 1 fully saturated rings. The zero-order chi connectivity index (χ0) is 9.68. The Balaban J connectivity index is 2.21. The molecule has 0 bridgehead atoms. The summed E-state index contributed by atoms with van der Waals surface area (Å²) >= 11 is 2.02. The lowest BCUT2D eigenvalue weighted by atomic mass is 10.2. The number of rotatable bonds is 5. The molecule has 0 spiro atoms. The summed E-state index contributed by atoms with van der Waals surface area (Å²) in [6, 6.07) is 0.726. The van der Waals surface area contributed by atoms with Gasteiger partial charge in [0.25, 0.3) is 0 Å². The Bertz CT molecular complexity index is 133. The van der Waals surface area contributed by atoms with Gasteiger partial charge in [-0.1, -0.05) is 20.8 Å². The van der Waals surface area contributed by atoms with Gasteiger partial charge in [-0.3, -0.25) is 0 Å². The standard InChI is InChI=1S/C10H22N2S/c1-4-12(5-9(2)3)6-10-7-13-8-11-10/h9-11H,4-8H2,1-3H3. The van der Waals surface area contributed by atoms with E-state index in [4.69, 9.17) is 0 Å². The second-order valence-corrected chi connectivity index (χ2v) is 5.19. The van der Waals surface area contributed by atoms with Crippen molar-refractivity contribution in [2.24, 2.45) is 5.92 Å². The quantitative estimate of drug-likeness (QED) is 0.729. The highest BCUT2D eigenvalue weighted by molar-refractivity contribution is 7.99. The van der Waals surface area contributed by atoms with E-state index in [1.807, 2.05) is 11.8 Å². The summed E-state index contributed by atoms with van der Waals surface area (Å²) in [4.78, 5) is 2.55. The molecule has 0 radical (unpaired) electrons. The van der Waals surface area contributed by atoms with Gasteiger partial charge in [0.15, 0.2) is 0 Å². The maximum absolute atomic E-state index is 3.52. The summed E-state index contributed by atoms with van der Waals surface area (Å²) in [7, 11) is 0. The summed E-state index contributed by atoms with van der Waals surface area (Å²) in [5.74, 6) is 3.22. The Morgan fingerprint density at radius 3 is 2.77 bits per heavy atom. The zero-order valence-electron chi connectivity index (χ0n) is 9.05. The van der Waals surface area contributed by atoms with Crippen LogP contribution in [0.3, 0.4) is 0 Å². The molecule has 1 aliphatic heterocycles. The fraction of sp³-hybridized carbons (Fsp3) is 1.00. The van der Waals surface area contributed by atoms with Crippen LogP contribution in [0.15, 0.2) is 0 Å². The lowest BCUT2D eigenvalue weighted by Crippen LogP contribution is -2.40. The minimum Gasteiger partial charge on any atom is -0.303 e. The SMILES string of the molecule is CCN(CC(C)C)CC1CSCN1. The van der Waals surface area contributed by atoms with E-state index in [0.717, 1.165) is 17.8 Å². The molecule has 0 aliphatic carbocycles. The Morgan fingerprint density at radius 1 is 1.54 bits per heavy atom. The molecule has 3 heteroatoms. The molecule has 1 heterocycles. The highest BCUT2D eigenvalue weighted by Crippen LogP contribution is 2.11. The molecule has 1 aliphatic rings. The van der Waals surface area contributed by atoms with Crippen molar-refractivity contribution in [3.63, 3.8) is 0 Å². The number of likely N-dealkylation sites (N-methyl/N-ethyl adjacent to an activating group) is 1. The molecule has 0 amide bonds. The van der Waals surface area contributed by atoms with Crippen molar-refractivity contribution < 1.29 is 0 Å². The second-order valence-electron chi connectivity index (χ2n) is 4.16. The smallest absolute Gasteiger partial charge is 0.0421 e. The van der Waals surface area contributed by atoms with Crippen LogP contribution in [0.4, 0.5) is 0 Å². The molecule has 1 rings (SSSR count). The van der Waals surface area contributed by atoms with E-state index in [-0.39, 0.29) is 0 Å². The van der Waals surface area contributed by atoms with Crippen LogP contribution in [0.2, 0.25) is 0 Å². The van der Waals surface area contributed by atoms with Crippen molar-refractivity contribution in [1.82, 2.24) is 10.2 Å². The molecule has 0 aromatic rings. The number of hydrogen-bond acceptors (Lipinski definition) is 3. The summed E-state index contributed by atoms with van der Waals surface area (Å²) in [5, 5.41) is 3.52. The third kappa shape index (κ3) is 4.34. The van der Waals surface area contributed by atoms with E-state index >= 15 is 0 Å². The third-order valence-electron chi connectivity index (χ3n) is 2.34. The lowest BCUT2D eigenvalue weighted by molar-refractivity contribution is 0.239. The topological polar surface area (TPSA) is 15.3 Å². The van der Waals surface area contributed by atoms with E-state index in [1.54, 1.807) is 0 Å². The number of nitrogens with one attached hydrogen (secondary N) is 1. The first-order valence-electron chi connectivity index (χ1n) is 5.25. The van der Waals surface area contributed by atoms with Gasteiger partial charge in [-0.15, -0.1) is 11.8 Å². The molecule has 1 atom stereocenters. The van der Waals surface area contributed by atoms with Crippen molar-refractivity contribution in [3.8, 4) is 0 Å². The maximum Gasteiger partial charge on any atom is 0.0421 e. The van der Waals surface area contributed by atoms with Crippen molar-refractivity contribution in [2.75, 3.05) is 31.3 Å². The lowest BCUT2D eigenvalue weighted by Gasteiger charge is -2.25. The summed E-state index contributed by atoms with van der Waals surface area (Å²) < 4.78 is 0. The van der Waals surface area contributed by atoms with E-state index < -0.39 is 0 Å². The van der Waals surface area contributed by atoms with Gasteiger partial charge >= 0.3 is 0 Å². The number of nitrogens with zero attached hydrogens (tertiary/aromatic N) is 1. The fourth-order valence-electron chi connectivity index (χ4n) is 1.71. The maximum atomic E-state index is 3.52. The third-order valence-corrected chi connectivity index (χ3v) is 3.35. The normalized spacial score (nSPS) is 23.3. The van der Waals surface area contributed by atoms with Crippen LogP contribution in [0.1, 0.15) is 20.8 Å². The van der Waals surface area contributed by atoms with Gasteiger partial charge in [0, 0.05) is 30.8 Å². The summed E-state index contributed by atoms with van der Waals surface area (Å²) in [6.07, 6.45) is 0. The predicted molar refractivity (Wildman–Crippen MR) is 61.2 cm³/mol. The minimum atomic E-state index is 0.726. The van der Waals surface area contributed by atoms with Gasteiger partial charge in [0.1, 0.15) is 0 Å². The van der Waals surface area contributed by atoms with E-state index in [2.05, 4.69) is 31.0 Å². The van der Waals surface area contributed by atoms with Crippen LogP contribution in [0.25, 0.3) is 0 Å². The monoisotopic (exact) mass is 202 g/mol. The molecule has 13 heavy (non-hydrogen) atoms. The molecule has 0 saturated carbocycles. The molecule has 1 N–H and O–H groups in total. The van der Waals surface area contributed by atoms with Crippen LogP contribution < -0.4 is 5.32 Å². The molecule has 2 nitrogen and oxygen atoms in total. The molecule has 1 saturated heterocycles. The first-order chi connectivity index (χ1) is 6.22. The Kier molecular flexibility index (Phi) is 5.14. The highest BCUT2D eigenvalue weighted by Gasteiger charge is 2.17. The molecule has 1 unspecified atom stereocenters. The Morgan fingerprint density at radius 2 is 2.31 bits per heavy atom. The molecule has 0 aromatic carbocycles. The molecule has 78 valence electrons. The zero-order valence-corrected chi connectivity index (χ0v) is 9.86. The van der Waals surface area contributed by atoms with Gasteiger partial charge in [0.05, 0.1) is 0 Å². The fourth-order valence-corrected chi connectivity index (χ4v) is 2.69. The van der Waals surface area contributed by atoms with Crippen LogP contribution in [0.5, 0.6) is 0 Å². The highest BCUT2D eigenvalue weighted by atomic mass is 32.2. The minimum absolute atomic E-state index is 0.726. The van der Waals surface area contributed by atoms with Gasteiger partial charge in [-0.2, -0.15) is 0 Å². The summed E-state index contributed by atoms with van der Waals surface area (Å²) in [6.45, 7) is 10.5. The van der Waals surface area contributed by atoms with Gasteiger partial charge in [-0.25, -0.2) is 0 Å². The molecule has 0 aromatic heterocycles. The van der Waals surface area contributed by atoms with E-state index in [0.29, 0.717) is 0 Å². The Labute approximate surface area is 86.5 Å². The number of thioether (sulfide) groups is 1. The van der Waals surface area contributed by atoms with E-state index in [9.17, 15) is 0 Å². The van der Waals surface area contributed by atoms with Crippen molar-refractivity contribution in [2.45, 2.75) is 26.8 Å². The largest absolute Gasteiger partial charge is 0.303 e. The van der Waals surface area contributed by atoms with Gasteiger partial charge in [0.2, 0.25) is 0 Å². The predicted octanol–water partition coefficient (Wildman–Crippen LogP) is 1.63. The average Bonchev–Trinajstić information content (AvgIpc) is 2.55. The molecular weight excluding hydrogens is 180 g/mol.